The molecule has 1 amide bonds. The number of aliphatic hydroxyl groups is 1. The number of phenolic OH excluding ortho intramolecular Hbond substituents is 1. The molecule has 0 fully saturated rings. The van der Waals surface area contributed by atoms with Gasteiger partial charge < -0.3 is 29.7 Å². The van der Waals surface area contributed by atoms with E-state index < -0.39 is 53.9 Å². The van der Waals surface area contributed by atoms with Gasteiger partial charge in [-0.15, -0.1) is 0 Å². The number of rotatable bonds is 24. The number of aromatic hydroxyl groups is 1. The number of carbonyl (C=O) groups is 5. The van der Waals surface area contributed by atoms with Crippen LogP contribution in [0.2, 0.25) is 0 Å². The van der Waals surface area contributed by atoms with Gasteiger partial charge >= 0.3 is 17.9 Å². The summed E-state index contributed by atoms with van der Waals surface area (Å²) in [7, 11) is 2.25. The van der Waals surface area contributed by atoms with Crippen molar-refractivity contribution in [1.29, 1.82) is 0 Å². The molecule has 1 aromatic rings. The predicted octanol–water partition coefficient (Wildman–Crippen LogP) is 5.28. The van der Waals surface area contributed by atoms with Crippen LogP contribution in [0.4, 0.5) is 0 Å². The molecular formula is C36H55NO10. The molecule has 0 saturated carbocycles. The lowest BCUT2D eigenvalue weighted by atomic mass is 9.82. The van der Waals surface area contributed by atoms with Crippen LogP contribution in [0.15, 0.2) is 36.4 Å². The van der Waals surface area contributed by atoms with E-state index in [-0.39, 0.29) is 12.2 Å². The Morgan fingerprint density at radius 1 is 0.872 bits per heavy atom. The fraction of sp³-hybridized carbons (Fsp3) is 0.639. The second-order valence-electron chi connectivity index (χ2n) is 12.1. The van der Waals surface area contributed by atoms with Crippen LogP contribution in [0.3, 0.4) is 0 Å². The van der Waals surface area contributed by atoms with Crippen LogP contribution in [0, 0.1) is 5.92 Å². The number of hydrogen-bond donors (Lipinski definition) is 3. The first-order valence-corrected chi connectivity index (χ1v) is 16.7. The fourth-order valence-electron chi connectivity index (χ4n) is 5.07. The SMILES string of the molecule is CCCCCCCC(=O)CCCCCC/C=C/[C@H](C(=O)N[C@@H](Cc1ccc(O)cc1)C(=O)OC)[C@](O)(CC(=O)OC)C(=O)OC(C)C. The lowest BCUT2D eigenvalue weighted by molar-refractivity contribution is -0.181. The van der Waals surface area contributed by atoms with Gasteiger partial charge in [0.2, 0.25) is 5.91 Å². The van der Waals surface area contributed by atoms with Gasteiger partial charge in [0.1, 0.15) is 17.6 Å². The van der Waals surface area contributed by atoms with Crippen molar-refractivity contribution in [1.82, 2.24) is 5.32 Å². The Morgan fingerprint density at radius 2 is 1.47 bits per heavy atom. The van der Waals surface area contributed by atoms with Crippen LogP contribution in [-0.4, -0.2) is 71.8 Å². The van der Waals surface area contributed by atoms with Gasteiger partial charge in [-0.2, -0.15) is 0 Å². The van der Waals surface area contributed by atoms with Gasteiger partial charge in [-0.25, -0.2) is 9.59 Å². The van der Waals surface area contributed by atoms with Crippen LogP contribution in [0.1, 0.15) is 110 Å². The lowest BCUT2D eigenvalue weighted by Gasteiger charge is -2.32. The number of amides is 1. The molecule has 47 heavy (non-hydrogen) atoms. The zero-order chi connectivity index (χ0) is 35.2. The molecule has 0 unspecified atom stereocenters. The molecule has 3 atom stereocenters. The standard InChI is InChI=1S/C36H55NO10/c1-6-7-8-11-14-17-28(38)18-15-12-9-10-13-16-19-30(36(44,25-32(40)45-4)35(43)47-26(2)3)33(41)37-31(34(42)46-5)24-27-20-22-29(39)23-21-27/h16,19-23,26,30-31,39,44H,6-15,17-18,24-25H2,1-5H3,(H,37,41)/b19-16+/t30-,31+,36-/m1/s1. The number of ketones is 1. The Bertz CT molecular complexity index is 1150. The average Bonchev–Trinajstić information content (AvgIpc) is 3.03. The summed E-state index contributed by atoms with van der Waals surface area (Å²) in [6, 6.07) is 4.80. The minimum Gasteiger partial charge on any atom is -0.508 e. The van der Waals surface area contributed by atoms with Crippen molar-refractivity contribution < 1.29 is 48.4 Å². The molecule has 11 nitrogen and oxygen atoms in total. The number of ether oxygens (including phenoxy) is 3. The number of hydrogen-bond acceptors (Lipinski definition) is 10. The normalized spacial score (nSPS) is 13.9. The molecule has 0 aliphatic rings. The van der Waals surface area contributed by atoms with E-state index in [1.165, 1.54) is 37.5 Å². The minimum atomic E-state index is -2.64. The Kier molecular flexibility index (Phi) is 20.0. The van der Waals surface area contributed by atoms with Gasteiger partial charge in [-0.05, 0) is 57.2 Å². The highest BCUT2D eigenvalue weighted by atomic mass is 16.6. The predicted molar refractivity (Wildman–Crippen MR) is 177 cm³/mol. The lowest BCUT2D eigenvalue weighted by Crippen LogP contribution is -2.56. The summed E-state index contributed by atoms with van der Waals surface area (Å²) >= 11 is 0. The number of benzene rings is 1. The number of nitrogens with one attached hydrogen (secondary N) is 1. The highest BCUT2D eigenvalue weighted by molar-refractivity contribution is 5.95. The second kappa shape index (κ2) is 22.7. The molecule has 0 saturated heterocycles. The number of allylic oxidation sites excluding steroid dienone is 1. The van der Waals surface area contributed by atoms with E-state index >= 15 is 0 Å². The van der Waals surface area contributed by atoms with Gasteiger partial charge in [-0.3, -0.25) is 14.4 Å². The van der Waals surface area contributed by atoms with Crippen molar-refractivity contribution in [3.63, 3.8) is 0 Å². The molecule has 0 aromatic heterocycles. The van der Waals surface area contributed by atoms with E-state index in [4.69, 9.17) is 14.2 Å². The number of esters is 3. The Morgan fingerprint density at radius 3 is 2.02 bits per heavy atom. The molecule has 0 spiro atoms. The third-order valence-electron chi connectivity index (χ3n) is 7.78. The largest absolute Gasteiger partial charge is 0.508 e. The molecule has 0 aliphatic heterocycles. The van der Waals surface area contributed by atoms with E-state index in [1.807, 2.05) is 0 Å². The van der Waals surface area contributed by atoms with E-state index in [0.29, 0.717) is 30.6 Å². The van der Waals surface area contributed by atoms with Gasteiger partial charge in [0.05, 0.1) is 32.7 Å². The zero-order valence-corrected chi connectivity index (χ0v) is 28.8. The molecule has 3 N–H and O–H groups in total. The third kappa shape index (κ3) is 16.1. The van der Waals surface area contributed by atoms with Crippen molar-refractivity contribution in [3.8, 4) is 5.75 Å². The summed E-state index contributed by atoms with van der Waals surface area (Å²) in [5, 5.41) is 23.8. The van der Waals surface area contributed by atoms with Crippen molar-refractivity contribution in [3.05, 3.63) is 42.0 Å². The van der Waals surface area contributed by atoms with Crippen LogP contribution >= 0.6 is 0 Å². The smallest absolute Gasteiger partial charge is 0.340 e. The minimum absolute atomic E-state index is 0.0115. The first-order valence-electron chi connectivity index (χ1n) is 16.7. The number of Topliss-reactive ketones (excluding diaryl/α,β-unsaturated/α-hetero) is 1. The van der Waals surface area contributed by atoms with Crippen molar-refractivity contribution in [2.45, 2.75) is 128 Å². The maximum atomic E-state index is 13.8. The molecule has 264 valence electrons. The summed E-state index contributed by atoms with van der Waals surface area (Å²) in [5.41, 5.74) is -2.04. The Labute approximate surface area is 279 Å². The maximum absolute atomic E-state index is 13.8. The quantitative estimate of drug-likeness (QED) is 0.0574. The average molecular weight is 662 g/mol. The van der Waals surface area contributed by atoms with E-state index in [2.05, 4.69) is 12.2 Å². The Balaban J connectivity index is 3.04. The third-order valence-corrected chi connectivity index (χ3v) is 7.78. The molecule has 1 aromatic carbocycles. The van der Waals surface area contributed by atoms with Crippen LogP contribution < -0.4 is 5.32 Å². The first kappa shape index (κ1) is 41.3. The Hall–Kier alpha value is -3.73. The molecule has 1 rings (SSSR count). The summed E-state index contributed by atoms with van der Waals surface area (Å²) in [6.45, 7) is 5.29. The number of phenols is 1. The van der Waals surface area contributed by atoms with Crippen LogP contribution in [0.5, 0.6) is 5.75 Å². The fourth-order valence-corrected chi connectivity index (χ4v) is 5.07. The second-order valence-corrected chi connectivity index (χ2v) is 12.1. The van der Waals surface area contributed by atoms with Gasteiger partial charge in [0.25, 0.3) is 0 Å². The molecule has 0 radical (unpaired) electrons. The van der Waals surface area contributed by atoms with E-state index in [0.717, 1.165) is 52.7 Å². The topological polar surface area (TPSA) is 166 Å². The van der Waals surface area contributed by atoms with E-state index in [9.17, 15) is 34.2 Å². The van der Waals surface area contributed by atoms with Crippen LogP contribution in [-0.2, 0) is 44.6 Å². The van der Waals surface area contributed by atoms with Gasteiger partial charge in [-0.1, -0.05) is 69.7 Å². The van der Waals surface area contributed by atoms with E-state index in [1.54, 1.807) is 32.1 Å². The highest BCUT2D eigenvalue weighted by Crippen LogP contribution is 2.28. The van der Waals surface area contributed by atoms with Crippen LogP contribution in [0.25, 0.3) is 0 Å². The molecule has 0 aliphatic carbocycles. The number of unbranched alkanes of at least 4 members (excludes halogenated alkanes) is 8. The first-order chi connectivity index (χ1) is 22.4. The van der Waals surface area contributed by atoms with Crippen molar-refractivity contribution >= 4 is 29.6 Å². The van der Waals surface area contributed by atoms with Gasteiger partial charge in [0.15, 0.2) is 5.60 Å². The molecule has 0 heterocycles. The summed E-state index contributed by atoms with van der Waals surface area (Å²) < 4.78 is 14.8. The van der Waals surface area contributed by atoms with Gasteiger partial charge in [0, 0.05) is 19.3 Å². The van der Waals surface area contributed by atoms with Crippen molar-refractivity contribution in [2.75, 3.05) is 14.2 Å². The summed E-state index contributed by atoms with van der Waals surface area (Å²) in [5.74, 6) is -5.12. The zero-order valence-electron chi connectivity index (χ0n) is 28.8. The summed E-state index contributed by atoms with van der Waals surface area (Å²) in [6.07, 6.45) is 12.0. The molecule has 11 heteroatoms. The summed E-state index contributed by atoms with van der Waals surface area (Å²) in [4.78, 5) is 64.1. The number of carbonyl (C=O) groups excluding carboxylic acids is 5. The molecular weight excluding hydrogens is 606 g/mol. The monoisotopic (exact) mass is 661 g/mol. The highest BCUT2D eigenvalue weighted by Gasteiger charge is 2.50. The molecule has 0 bridgehead atoms. The maximum Gasteiger partial charge on any atom is 0.340 e. The number of methoxy groups -OCH3 is 2. The van der Waals surface area contributed by atoms with Crippen molar-refractivity contribution in [2.24, 2.45) is 5.92 Å².